The maximum Gasteiger partial charge on any atom is 0.247 e. The number of nitrogens with one attached hydrogen (secondary N) is 2. The van der Waals surface area contributed by atoms with Gasteiger partial charge in [-0.05, 0) is 29.8 Å². The van der Waals surface area contributed by atoms with Crippen LogP contribution in [0, 0.1) is 5.82 Å². The predicted octanol–water partition coefficient (Wildman–Crippen LogP) is 2.80. The van der Waals surface area contributed by atoms with Crippen molar-refractivity contribution in [3.05, 3.63) is 52.7 Å². The number of benzene rings is 1. The first-order valence-corrected chi connectivity index (χ1v) is 10.3. The highest BCUT2D eigenvalue weighted by atomic mass is 127. The summed E-state index contributed by atoms with van der Waals surface area (Å²) in [5.41, 5.74) is 0.584. The summed E-state index contributed by atoms with van der Waals surface area (Å²) in [4.78, 5) is 4.98. The molecule has 1 aromatic heterocycles. The van der Waals surface area contributed by atoms with E-state index in [1.165, 1.54) is 18.2 Å². The third-order valence-corrected chi connectivity index (χ3v) is 6.40. The molecule has 0 aliphatic heterocycles. The lowest BCUT2D eigenvalue weighted by Gasteiger charge is -2.26. The number of rotatable bonds is 6. The van der Waals surface area contributed by atoms with Crippen LogP contribution >= 0.6 is 35.3 Å². The number of sulfonamides is 1. The molecule has 0 atom stereocenters. The Bertz CT molecular complexity index is 898. The zero-order chi connectivity index (χ0) is 19.4. The minimum atomic E-state index is -3.68. The zero-order valence-electron chi connectivity index (χ0n) is 15.3. The van der Waals surface area contributed by atoms with Crippen LogP contribution in [0.25, 0.3) is 0 Å². The lowest BCUT2D eigenvalue weighted by molar-refractivity contribution is 0.503. The fourth-order valence-electron chi connectivity index (χ4n) is 2.31. The number of guanidine groups is 1. The smallest absolute Gasteiger partial charge is 0.247 e. The highest BCUT2D eigenvalue weighted by Crippen LogP contribution is 2.23. The Morgan fingerprint density at radius 3 is 2.52 bits per heavy atom. The van der Waals surface area contributed by atoms with Crippen LogP contribution in [0.3, 0.4) is 0 Å². The van der Waals surface area contributed by atoms with Gasteiger partial charge in [-0.15, -0.1) is 35.3 Å². The van der Waals surface area contributed by atoms with E-state index in [-0.39, 0.29) is 39.4 Å². The second-order valence-electron chi connectivity index (χ2n) is 6.44. The van der Waals surface area contributed by atoms with E-state index in [1.807, 2.05) is 19.9 Å². The summed E-state index contributed by atoms with van der Waals surface area (Å²) in [6.45, 7) is 4.99. The van der Waals surface area contributed by atoms with Crippen LogP contribution in [0.5, 0.6) is 0 Å². The first-order chi connectivity index (χ1) is 12.1. The Hall–Kier alpha value is -1.24. The highest BCUT2D eigenvalue weighted by molar-refractivity contribution is 14.0. The molecule has 0 saturated carbocycles. The molecule has 4 N–H and O–H groups in total. The molecule has 1 aromatic carbocycles. The molecule has 27 heavy (non-hydrogen) atoms. The van der Waals surface area contributed by atoms with Crippen LogP contribution in [0.4, 0.5) is 4.39 Å². The number of aliphatic imine (C=N–C) groups is 1. The van der Waals surface area contributed by atoms with Gasteiger partial charge in [0.05, 0.1) is 6.54 Å². The molecule has 150 valence electrons. The molecule has 0 aliphatic carbocycles. The van der Waals surface area contributed by atoms with Gasteiger partial charge in [-0.1, -0.05) is 26.0 Å². The Kier molecular flexibility index (Phi) is 8.64. The SMILES string of the molecule is CN=C(NCc1ccc(S(N)(=O)=O)s1)NCC(C)(C)c1cccc(F)c1.I. The monoisotopic (exact) mass is 526 g/mol. The molecule has 0 radical (unpaired) electrons. The molecule has 2 rings (SSSR count). The van der Waals surface area contributed by atoms with Gasteiger partial charge >= 0.3 is 0 Å². The zero-order valence-corrected chi connectivity index (χ0v) is 19.3. The first kappa shape index (κ1) is 23.8. The van der Waals surface area contributed by atoms with E-state index in [0.717, 1.165) is 21.8 Å². The van der Waals surface area contributed by atoms with Crippen LogP contribution in [0.15, 0.2) is 45.6 Å². The summed E-state index contributed by atoms with van der Waals surface area (Å²) in [5, 5.41) is 11.5. The molecule has 6 nitrogen and oxygen atoms in total. The van der Waals surface area contributed by atoms with E-state index in [0.29, 0.717) is 19.0 Å². The van der Waals surface area contributed by atoms with Gasteiger partial charge in [-0.3, -0.25) is 4.99 Å². The highest BCUT2D eigenvalue weighted by Gasteiger charge is 2.21. The van der Waals surface area contributed by atoms with E-state index in [4.69, 9.17) is 5.14 Å². The van der Waals surface area contributed by atoms with Crippen molar-refractivity contribution >= 4 is 51.3 Å². The van der Waals surface area contributed by atoms with Gasteiger partial charge in [0.2, 0.25) is 10.0 Å². The number of primary sulfonamides is 1. The van der Waals surface area contributed by atoms with Gasteiger partial charge < -0.3 is 10.6 Å². The van der Waals surface area contributed by atoms with Crippen molar-refractivity contribution in [3.63, 3.8) is 0 Å². The molecule has 1 heterocycles. The van der Waals surface area contributed by atoms with Crippen LogP contribution < -0.4 is 15.8 Å². The van der Waals surface area contributed by atoms with Crippen LogP contribution in [0.2, 0.25) is 0 Å². The predicted molar refractivity (Wildman–Crippen MR) is 119 cm³/mol. The first-order valence-electron chi connectivity index (χ1n) is 7.94. The van der Waals surface area contributed by atoms with E-state index in [2.05, 4.69) is 15.6 Å². The number of thiophene rings is 1. The van der Waals surface area contributed by atoms with Crippen LogP contribution in [0.1, 0.15) is 24.3 Å². The summed E-state index contributed by atoms with van der Waals surface area (Å²) in [7, 11) is -2.03. The van der Waals surface area contributed by atoms with E-state index >= 15 is 0 Å². The summed E-state index contributed by atoms with van der Waals surface area (Å²) in [6.07, 6.45) is 0. The fraction of sp³-hybridized carbons (Fsp3) is 0.353. The summed E-state index contributed by atoms with van der Waals surface area (Å²) in [6, 6.07) is 9.73. The van der Waals surface area contributed by atoms with E-state index in [9.17, 15) is 12.8 Å². The van der Waals surface area contributed by atoms with Gasteiger partial charge in [0.1, 0.15) is 10.0 Å². The molecule has 10 heteroatoms. The lowest BCUT2D eigenvalue weighted by atomic mass is 9.84. The molecule has 0 bridgehead atoms. The Labute approximate surface area is 180 Å². The third kappa shape index (κ3) is 7.01. The summed E-state index contributed by atoms with van der Waals surface area (Å²) >= 11 is 1.11. The molecule has 0 aliphatic rings. The van der Waals surface area contributed by atoms with Crippen molar-refractivity contribution in [2.75, 3.05) is 13.6 Å². The molecular formula is C17H24FIN4O2S2. The molecular weight excluding hydrogens is 502 g/mol. The maximum atomic E-state index is 13.4. The second-order valence-corrected chi connectivity index (χ2v) is 9.40. The summed E-state index contributed by atoms with van der Waals surface area (Å²) < 4.78 is 36.2. The standard InChI is InChI=1S/C17H23FN4O2S2.HI/c1-17(2,12-5-4-6-13(18)9-12)11-22-16(20-3)21-10-14-7-8-15(25-14)26(19,23)24;/h4-9H,10-11H2,1-3H3,(H2,19,23,24)(H2,20,21,22);1H. The van der Waals surface area contributed by atoms with Gasteiger partial charge in [0.25, 0.3) is 0 Å². The Morgan fingerprint density at radius 2 is 1.96 bits per heavy atom. The topological polar surface area (TPSA) is 96.6 Å². The molecule has 0 spiro atoms. The fourth-order valence-corrected chi connectivity index (χ4v) is 4.03. The number of halogens is 2. The molecule has 0 amide bonds. The van der Waals surface area contributed by atoms with Crippen molar-refractivity contribution in [2.45, 2.75) is 30.0 Å². The van der Waals surface area contributed by atoms with E-state index < -0.39 is 10.0 Å². The molecule has 0 unspecified atom stereocenters. The van der Waals surface area contributed by atoms with Gasteiger partial charge in [-0.25, -0.2) is 17.9 Å². The Balaban J connectivity index is 0.00000364. The second kappa shape index (κ2) is 9.80. The largest absolute Gasteiger partial charge is 0.356 e. The van der Waals surface area contributed by atoms with Gasteiger partial charge in [0.15, 0.2) is 5.96 Å². The molecule has 0 fully saturated rings. The van der Waals surface area contributed by atoms with Gasteiger partial charge in [0, 0.05) is 23.9 Å². The molecule has 0 saturated heterocycles. The van der Waals surface area contributed by atoms with Crippen LogP contribution in [-0.2, 0) is 22.0 Å². The van der Waals surface area contributed by atoms with Crippen LogP contribution in [-0.4, -0.2) is 28.0 Å². The van der Waals surface area contributed by atoms with Crippen molar-refractivity contribution < 1.29 is 12.8 Å². The third-order valence-electron chi connectivity index (χ3n) is 3.87. The van der Waals surface area contributed by atoms with E-state index in [1.54, 1.807) is 19.2 Å². The van der Waals surface area contributed by atoms with Crippen molar-refractivity contribution in [3.8, 4) is 0 Å². The maximum absolute atomic E-state index is 13.4. The van der Waals surface area contributed by atoms with Crippen molar-refractivity contribution in [1.82, 2.24) is 10.6 Å². The average Bonchev–Trinajstić information content (AvgIpc) is 3.04. The molecule has 2 aromatic rings. The lowest BCUT2D eigenvalue weighted by Crippen LogP contribution is -2.43. The minimum Gasteiger partial charge on any atom is -0.356 e. The van der Waals surface area contributed by atoms with Gasteiger partial charge in [-0.2, -0.15) is 0 Å². The number of hydrogen-bond donors (Lipinski definition) is 3. The average molecular weight is 526 g/mol. The Morgan fingerprint density at radius 1 is 1.26 bits per heavy atom. The number of nitrogens with two attached hydrogens (primary N) is 1. The van der Waals surface area contributed by atoms with Crippen molar-refractivity contribution in [2.24, 2.45) is 10.1 Å². The minimum absolute atomic E-state index is 0. The normalized spacial score (nSPS) is 12.4. The number of hydrogen-bond acceptors (Lipinski definition) is 4. The van der Waals surface area contributed by atoms with Crippen molar-refractivity contribution in [1.29, 1.82) is 0 Å². The summed E-state index contributed by atoms with van der Waals surface area (Å²) in [5.74, 6) is 0.307. The number of nitrogens with zero attached hydrogens (tertiary/aromatic N) is 1. The quantitative estimate of drug-likeness (QED) is 0.307.